The predicted molar refractivity (Wildman–Crippen MR) is 161 cm³/mol. The molecule has 0 bridgehead atoms. The van der Waals surface area contributed by atoms with Crippen molar-refractivity contribution in [2.45, 2.75) is 32.9 Å². The monoisotopic (exact) mass is 549 g/mol. The summed E-state index contributed by atoms with van der Waals surface area (Å²) in [7, 11) is 1.70. The van der Waals surface area contributed by atoms with E-state index in [1.165, 1.54) is 5.56 Å². The van der Waals surface area contributed by atoms with Gasteiger partial charge in [0.2, 0.25) is 0 Å². The third-order valence-electron chi connectivity index (χ3n) is 8.13. The van der Waals surface area contributed by atoms with Crippen LogP contribution < -0.4 is 15.2 Å². The van der Waals surface area contributed by atoms with Gasteiger partial charge in [0.05, 0.1) is 18.3 Å². The van der Waals surface area contributed by atoms with Gasteiger partial charge in [-0.1, -0.05) is 54.6 Å². The number of tetrazole rings is 1. The van der Waals surface area contributed by atoms with E-state index in [4.69, 9.17) is 4.74 Å². The van der Waals surface area contributed by atoms with Crippen molar-refractivity contribution in [3.8, 4) is 5.75 Å². The second kappa shape index (κ2) is 11.5. The molecule has 9 nitrogen and oxygen atoms in total. The number of benzene rings is 3. The van der Waals surface area contributed by atoms with Crippen molar-refractivity contribution in [2.75, 3.05) is 38.2 Å². The van der Waals surface area contributed by atoms with Gasteiger partial charge in [-0.3, -0.25) is 9.69 Å². The number of ether oxygens (including phenoxy) is 1. The zero-order chi connectivity index (χ0) is 28.3. The Morgan fingerprint density at radius 2 is 1.66 bits per heavy atom. The zero-order valence-corrected chi connectivity index (χ0v) is 23.7. The summed E-state index contributed by atoms with van der Waals surface area (Å²) in [6.07, 6.45) is 0.791. The van der Waals surface area contributed by atoms with Crippen molar-refractivity contribution in [3.63, 3.8) is 0 Å². The van der Waals surface area contributed by atoms with E-state index in [1.807, 2.05) is 60.1 Å². The second-order valence-corrected chi connectivity index (χ2v) is 10.6. The minimum absolute atomic E-state index is 0.110. The lowest BCUT2D eigenvalue weighted by molar-refractivity contribution is 0.199. The Morgan fingerprint density at radius 1 is 0.927 bits per heavy atom. The van der Waals surface area contributed by atoms with Crippen LogP contribution in [0.5, 0.6) is 5.75 Å². The first-order valence-electron chi connectivity index (χ1n) is 14.1. The van der Waals surface area contributed by atoms with E-state index in [-0.39, 0.29) is 5.56 Å². The number of aryl methyl sites for hydroxylation is 4. The van der Waals surface area contributed by atoms with Crippen molar-refractivity contribution < 1.29 is 4.74 Å². The number of aromatic nitrogens is 5. The van der Waals surface area contributed by atoms with Crippen LogP contribution >= 0.6 is 0 Å². The van der Waals surface area contributed by atoms with Crippen molar-refractivity contribution in [3.05, 3.63) is 111 Å². The van der Waals surface area contributed by atoms with Crippen LogP contribution in [0.3, 0.4) is 0 Å². The highest BCUT2D eigenvalue weighted by Gasteiger charge is 2.33. The second-order valence-electron chi connectivity index (χ2n) is 10.6. The van der Waals surface area contributed by atoms with Crippen LogP contribution in [0.15, 0.2) is 77.6 Å². The Morgan fingerprint density at radius 3 is 2.44 bits per heavy atom. The molecule has 210 valence electrons. The number of piperazine rings is 1. The molecule has 1 atom stereocenters. The van der Waals surface area contributed by atoms with Crippen LogP contribution in [0.25, 0.3) is 10.9 Å². The number of hydrogen-bond acceptors (Lipinski definition) is 7. The standard InChI is InChI=1S/C32H35N7O2/c1-22-13-14-23(2)29-25(22)21-26(32(40)33-29)30(31-34-35-36-39(31)16-15-24-9-5-4-6-10-24)38-19-17-37(18-20-38)27-11-7-8-12-28(27)41-3/h4-14,21,30H,15-20H2,1-3H3,(H,33,40). The van der Waals surface area contributed by atoms with Gasteiger partial charge in [-0.05, 0) is 65.6 Å². The van der Waals surface area contributed by atoms with Crippen LogP contribution in [0.1, 0.15) is 34.1 Å². The molecule has 0 amide bonds. The maximum atomic E-state index is 13.7. The topological polar surface area (TPSA) is 92.2 Å². The normalized spacial score (nSPS) is 14.9. The predicted octanol–water partition coefficient (Wildman–Crippen LogP) is 4.29. The van der Waals surface area contributed by atoms with E-state index in [0.29, 0.717) is 17.9 Å². The van der Waals surface area contributed by atoms with Crippen LogP contribution in [-0.4, -0.2) is 63.4 Å². The summed E-state index contributed by atoms with van der Waals surface area (Å²) in [5, 5.41) is 14.0. The number of anilines is 1. The number of nitrogens with zero attached hydrogens (tertiary/aromatic N) is 6. The molecular formula is C32H35N7O2. The lowest BCUT2D eigenvalue weighted by Gasteiger charge is -2.40. The van der Waals surface area contributed by atoms with E-state index in [9.17, 15) is 4.79 Å². The summed E-state index contributed by atoms with van der Waals surface area (Å²) in [5.41, 5.74) is 5.88. The fourth-order valence-electron chi connectivity index (χ4n) is 5.85. The first kappa shape index (κ1) is 26.7. The molecule has 1 saturated heterocycles. The molecule has 1 fully saturated rings. The SMILES string of the molecule is COc1ccccc1N1CCN(C(c2cc3c(C)ccc(C)c3[nH]c2=O)c2nnnn2CCc2ccccc2)CC1. The molecule has 1 N–H and O–H groups in total. The largest absolute Gasteiger partial charge is 0.495 e. The van der Waals surface area contributed by atoms with Crippen molar-refractivity contribution in [1.29, 1.82) is 0 Å². The van der Waals surface area contributed by atoms with Gasteiger partial charge in [-0.2, -0.15) is 0 Å². The van der Waals surface area contributed by atoms with Crippen molar-refractivity contribution in [1.82, 2.24) is 30.1 Å². The first-order valence-corrected chi connectivity index (χ1v) is 14.1. The summed E-state index contributed by atoms with van der Waals surface area (Å²) < 4.78 is 7.49. The maximum absolute atomic E-state index is 13.7. The maximum Gasteiger partial charge on any atom is 0.253 e. The highest BCUT2D eigenvalue weighted by molar-refractivity contribution is 5.85. The Hall–Kier alpha value is -4.50. The molecule has 3 heterocycles. The summed E-state index contributed by atoms with van der Waals surface area (Å²) in [6.45, 7) is 7.76. The molecule has 2 aromatic heterocycles. The third kappa shape index (κ3) is 5.32. The van der Waals surface area contributed by atoms with Gasteiger partial charge in [-0.25, -0.2) is 4.68 Å². The molecule has 0 spiro atoms. The minimum atomic E-state index is -0.395. The molecule has 0 radical (unpaired) electrons. The fraction of sp³-hybridized carbons (Fsp3) is 0.312. The van der Waals surface area contributed by atoms with Gasteiger partial charge in [0, 0.05) is 43.7 Å². The van der Waals surface area contributed by atoms with Gasteiger partial charge in [0.15, 0.2) is 5.82 Å². The summed E-state index contributed by atoms with van der Waals surface area (Å²) in [5.74, 6) is 1.54. The molecule has 5 aromatic rings. The van der Waals surface area contributed by atoms with E-state index in [0.717, 1.165) is 66.1 Å². The number of nitrogens with one attached hydrogen (secondary N) is 1. The highest BCUT2D eigenvalue weighted by atomic mass is 16.5. The molecule has 3 aromatic carbocycles. The third-order valence-corrected chi connectivity index (χ3v) is 8.13. The van der Waals surface area contributed by atoms with Gasteiger partial charge < -0.3 is 14.6 Å². The lowest BCUT2D eigenvalue weighted by Crippen LogP contribution is -2.49. The Balaban J connectivity index is 1.37. The Labute approximate surface area is 239 Å². The number of methoxy groups -OCH3 is 1. The Kier molecular flexibility index (Phi) is 7.52. The quantitative estimate of drug-likeness (QED) is 0.309. The van der Waals surface area contributed by atoms with Crippen molar-refractivity contribution >= 4 is 16.6 Å². The first-order chi connectivity index (χ1) is 20.0. The molecule has 0 aliphatic carbocycles. The summed E-state index contributed by atoms with van der Waals surface area (Å²) in [6, 6.07) is 24.2. The van der Waals surface area contributed by atoms with Crippen LogP contribution in [0.4, 0.5) is 5.69 Å². The van der Waals surface area contributed by atoms with E-state index in [2.05, 4.69) is 61.5 Å². The number of para-hydroxylation sites is 2. The number of aromatic amines is 1. The van der Waals surface area contributed by atoms with E-state index >= 15 is 0 Å². The molecule has 1 aliphatic heterocycles. The van der Waals surface area contributed by atoms with Crippen LogP contribution in [0.2, 0.25) is 0 Å². The minimum Gasteiger partial charge on any atom is -0.495 e. The van der Waals surface area contributed by atoms with Gasteiger partial charge in [-0.15, -0.1) is 5.10 Å². The summed E-state index contributed by atoms with van der Waals surface area (Å²) in [4.78, 5) is 21.6. The van der Waals surface area contributed by atoms with E-state index in [1.54, 1.807) is 7.11 Å². The number of H-pyrrole nitrogens is 1. The number of rotatable bonds is 8. The van der Waals surface area contributed by atoms with Crippen LogP contribution in [0, 0.1) is 13.8 Å². The van der Waals surface area contributed by atoms with E-state index < -0.39 is 6.04 Å². The highest BCUT2D eigenvalue weighted by Crippen LogP contribution is 2.32. The average molecular weight is 550 g/mol. The van der Waals surface area contributed by atoms with Gasteiger partial charge in [0.1, 0.15) is 11.8 Å². The average Bonchev–Trinajstić information content (AvgIpc) is 3.47. The molecule has 1 aliphatic rings. The number of pyridine rings is 1. The lowest BCUT2D eigenvalue weighted by atomic mass is 9.99. The van der Waals surface area contributed by atoms with Crippen molar-refractivity contribution in [2.24, 2.45) is 0 Å². The zero-order valence-electron chi connectivity index (χ0n) is 23.7. The fourth-order valence-corrected chi connectivity index (χ4v) is 5.85. The van der Waals surface area contributed by atoms with Gasteiger partial charge >= 0.3 is 0 Å². The smallest absolute Gasteiger partial charge is 0.253 e. The van der Waals surface area contributed by atoms with Gasteiger partial charge in [0.25, 0.3) is 5.56 Å². The number of fused-ring (bicyclic) bond motifs is 1. The molecule has 1 unspecified atom stereocenters. The van der Waals surface area contributed by atoms with Crippen LogP contribution in [-0.2, 0) is 13.0 Å². The molecule has 0 saturated carbocycles. The Bertz CT molecular complexity index is 1700. The molecular weight excluding hydrogens is 514 g/mol. The summed E-state index contributed by atoms with van der Waals surface area (Å²) >= 11 is 0. The number of hydrogen-bond donors (Lipinski definition) is 1. The molecule has 9 heteroatoms. The molecule has 41 heavy (non-hydrogen) atoms. The molecule has 6 rings (SSSR count).